The lowest BCUT2D eigenvalue weighted by molar-refractivity contribution is 0.245. The largest absolute Gasteiger partial charge is 0.497 e. The second-order valence-electron chi connectivity index (χ2n) is 7.18. The second kappa shape index (κ2) is 6.76. The van der Waals surface area contributed by atoms with Gasteiger partial charge in [-0.2, -0.15) is 0 Å². The highest BCUT2D eigenvalue weighted by molar-refractivity contribution is 5.87. The Morgan fingerprint density at radius 1 is 1.15 bits per heavy atom. The van der Waals surface area contributed by atoms with Crippen LogP contribution in [-0.2, 0) is 19.4 Å². The number of likely N-dealkylation sites (N-methyl/N-ethyl adjacent to an activating group) is 1. The fourth-order valence-corrected chi connectivity index (χ4v) is 4.12. The number of benzene rings is 2. The number of hydrogen-bond donors (Lipinski definition) is 0. The minimum absolute atomic E-state index is 0.179. The molecule has 4 heteroatoms. The van der Waals surface area contributed by atoms with Crippen LogP contribution in [-0.4, -0.2) is 30.2 Å². The van der Waals surface area contributed by atoms with Gasteiger partial charge in [0, 0.05) is 42.1 Å². The van der Waals surface area contributed by atoms with Crippen LogP contribution >= 0.6 is 0 Å². The molecular weight excluding hydrogens is 327 g/mol. The third kappa shape index (κ3) is 2.88. The summed E-state index contributed by atoms with van der Waals surface area (Å²) >= 11 is 0. The van der Waals surface area contributed by atoms with E-state index in [9.17, 15) is 4.39 Å². The van der Waals surface area contributed by atoms with Crippen molar-refractivity contribution in [1.29, 1.82) is 0 Å². The number of hydrogen-bond acceptors (Lipinski definition) is 2. The summed E-state index contributed by atoms with van der Waals surface area (Å²) in [6, 6.07) is 13.6. The zero-order valence-electron chi connectivity index (χ0n) is 15.6. The van der Waals surface area contributed by atoms with Crippen LogP contribution in [0.25, 0.3) is 10.9 Å². The summed E-state index contributed by atoms with van der Waals surface area (Å²) in [7, 11) is 3.91. The van der Waals surface area contributed by atoms with Crippen molar-refractivity contribution in [1.82, 2.24) is 9.47 Å². The van der Waals surface area contributed by atoms with E-state index in [1.807, 2.05) is 18.2 Å². The Kier molecular flexibility index (Phi) is 4.45. The number of methoxy groups -OCH3 is 1. The van der Waals surface area contributed by atoms with Crippen molar-refractivity contribution in [2.75, 3.05) is 20.7 Å². The first-order valence-corrected chi connectivity index (χ1v) is 9.22. The topological polar surface area (TPSA) is 17.4 Å². The lowest BCUT2D eigenvalue weighted by atomic mass is 9.97. The predicted molar refractivity (Wildman–Crippen MR) is 103 cm³/mol. The van der Waals surface area contributed by atoms with E-state index >= 15 is 0 Å². The fraction of sp³-hybridized carbons (Fsp3) is 0.364. The van der Waals surface area contributed by atoms with Crippen LogP contribution in [0.3, 0.4) is 0 Å². The zero-order chi connectivity index (χ0) is 18.3. The molecule has 0 amide bonds. The Morgan fingerprint density at radius 2 is 1.92 bits per heavy atom. The molecule has 0 aliphatic carbocycles. The molecule has 0 N–H and O–H groups in total. The summed E-state index contributed by atoms with van der Waals surface area (Å²) in [5, 5.41) is 1.29. The molecule has 0 spiro atoms. The summed E-state index contributed by atoms with van der Waals surface area (Å²) in [5.74, 6) is 0.720. The van der Waals surface area contributed by atoms with E-state index in [-0.39, 0.29) is 5.82 Å². The van der Waals surface area contributed by atoms with Gasteiger partial charge >= 0.3 is 0 Å². The first kappa shape index (κ1) is 17.1. The molecule has 3 nitrogen and oxygen atoms in total. The molecule has 1 atom stereocenters. The van der Waals surface area contributed by atoms with Crippen LogP contribution in [0.1, 0.15) is 29.8 Å². The van der Waals surface area contributed by atoms with E-state index in [4.69, 9.17) is 4.74 Å². The predicted octanol–water partition coefficient (Wildman–Crippen LogP) is 4.58. The fourth-order valence-electron chi connectivity index (χ4n) is 4.12. The average molecular weight is 352 g/mol. The molecule has 1 aliphatic heterocycles. The number of rotatable bonds is 4. The number of aromatic nitrogens is 1. The van der Waals surface area contributed by atoms with Crippen molar-refractivity contribution >= 4 is 10.9 Å². The van der Waals surface area contributed by atoms with Crippen LogP contribution in [0.15, 0.2) is 42.5 Å². The maximum atomic E-state index is 13.2. The Hall–Kier alpha value is -2.33. The van der Waals surface area contributed by atoms with E-state index in [1.54, 1.807) is 19.2 Å². The van der Waals surface area contributed by atoms with Gasteiger partial charge in [0.05, 0.1) is 7.11 Å². The highest BCUT2D eigenvalue weighted by Gasteiger charge is 2.28. The lowest BCUT2D eigenvalue weighted by Gasteiger charge is -2.31. The summed E-state index contributed by atoms with van der Waals surface area (Å²) < 4.78 is 21.1. The summed E-state index contributed by atoms with van der Waals surface area (Å²) in [6.45, 7) is 4.25. The van der Waals surface area contributed by atoms with Crippen molar-refractivity contribution in [2.24, 2.45) is 0 Å². The van der Waals surface area contributed by atoms with Crippen molar-refractivity contribution in [2.45, 2.75) is 32.4 Å². The molecule has 0 radical (unpaired) electrons. The minimum atomic E-state index is -0.179. The molecule has 0 bridgehead atoms. The molecule has 0 saturated carbocycles. The molecule has 2 heterocycles. The monoisotopic (exact) mass is 352 g/mol. The molecule has 1 aliphatic rings. The lowest BCUT2D eigenvalue weighted by Crippen LogP contribution is -2.31. The quantitative estimate of drug-likeness (QED) is 0.684. The van der Waals surface area contributed by atoms with Gasteiger partial charge in [-0.1, -0.05) is 12.1 Å². The van der Waals surface area contributed by atoms with Crippen LogP contribution in [0, 0.1) is 5.82 Å². The van der Waals surface area contributed by atoms with Crippen molar-refractivity contribution in [3.8, 4) is 5.75 Å². The molecule has 4 rings (SSSR count). The van der Waals surface area contributed by atoms with E-state index in [2.05, 4.69) is 35.6 Å². The number of aryl methyl sites for hydroxylation is 2. The normalized spacial score (nSPS) is 17.5. The van der Waals surface area contributed by atoms with Crippen LogP contribution in [0.4, 0.5) is 4.39 Å². The zero-order valence-corrected chi connectivity index (χ0v) is 15.6. The molecule has 136 valence electrons. The molecule has 0 fully saturated rings. The van der Waals surface area contributed by atoms with Gasteiger partial charge in [-0.25, -0.2) is 4.39 Å². The maximum absolute atomic E-state index is 13.2. The first-order chi connectivity index (χ1) is 12.6. The number of halogens is 1. The van der Waals surface area contributed by atoms with Crippen molar-refractivity contribution in [3.63, 3.8) is 0 Å². The maximum Gasteiger partial charge on any atom is 0.123 e. The van der Waals surface area contributed by atoms with Gasteiger partial charge in [0.25, 0.3) is 0 Å². The van der Waals surface area contributed by atoms with Crippen LogP contribution in [0.5, 0.6) is 5.75 Å². The Bertz CT molecular complexity index is 929. The highest BCUT2D eigenvalue weighted by Crippen LogP contribution is 2.38. The molecule has 0 saturated heterocycles. The van der Waals surface area contributed by atoms with Crippen LogP contribution < -0.4 is 4.74 Å². The standard InChI is InChI=1S/C22H25FN2O/c1-15-22-19-14-18(26-3)8-9-20(19)25(21(22)11-12-24(15)2)13-10-16-4-6-17(23)7-5-16/h4-9,14-15H,10-13H2,1-3H3. The van der Waals surface area contributed by atoms with Crippen molar-refractivity contribution in [3.05, 3.63) is 65.1 Å². The summed E-state index contributed by atoms with van der Waals surface area (Å²) in [6.07, 6.45) is 1.95. The first-order valence-electron chi connectivity index (χ1n) is 9.22. The highest BCUT2D eigenvalue weighted by atomic mass is 19.1. The average Bonchev–Trinajstić information content (AvgIpc) is 2.97. The minimum Gasteiger partial charge on any atom is -0.497 e. The van der Waals surface area contributed by atoms with Gasteiger partial charge in [-0.15, -0.1) is 0 Å². The van der Waals surface area contributed by atoms with Gasteiger partial charge < -0.3 is 9.30 Å². The summed E-state index contributed by atoms with van der Waals surface area (Å²) in [5.41, 5.74) is 5.28. The molecule has 2 aromatic carbocycles. The number of ether oxygens (including phenoxy) is 1. The summed E-state index contributed by atoms with van der Waals surface area (Å²) in [4.78, 5) is 2.41. The Balaban J connectivity index is 1.77. The molecule has 1 unspecified atom stereocenters. The smallest absolute Gasteiger partial charge is 0.123 e. The number of fused-ring (bicyclic) bond motifs is 3. The third-order valence-electron chi connectivity index (χ3n) is 5.74. The molecule has 26 heavy (non-hydrogen) atoms. The van der Waals surface area contributed by atoms with Crippen molar-refractivity contribution < 1.29 is 9.13 Å². The molecule has 1 aromatic heterocycles. The van der Waals surface area contributed by atoms with Gasteiger partial charge in [0.15, 0.2) is 0 Å². The van der Waals surface area contributed by atoms with E-state index in [0.29, 0.717) is 6.04 Å². The third-order valence-corrected chi connectivity index (χ3v) is 5.74. The van der Waals surface area contributed by atoms with E-state index in [0.717, 1.165) is 37.2 Å². The van der Waals surface area contributed by atoms with Gasteiger partial charge in [-0.3, -0.25) is 4.90 Å². The van der Waals surface area contributed by atoms with E-state index in [1.165, 1.54) is 22.2 Å². The second-order valence-corrected chi connectivity index (χ2v) is 7.18. The number of nitrogens with zero attached hydrogens (tertiary/aromatic N) is 2. The Labute approximate surface area is 154 Å². The van der Waals surface area contributed by atoms with E-state index < -0.39 is 0 Å². The van der Waals surface area contributed by atoms with Crippen LogP contribution in [0.2, 0.25) is 0 Å². The SMILES string of the molecule is COc1ccc2c(c1)c1c(n2CCc2ccc(F)cc2)CCN(C)C1C. The molecule has 3 aromatic rings. The van der Waals surface area contributed by atoms with Gasteiger partial charge in [0.2, 0.25) is 0 Å². The van der Waals surface area contributed by atoms with Gasteiger partial charge in [0.1, 0.15) is 11.6 Å². The van der Waals surface area contributed by atoms with Gasteiger partial charge in [-0.05, 0) is 61.9 Å². The Morgan fingerprint density at radius 3 is 2.65 bits per heavy atom. The molecular formula is C22H25FN2O.